The summed E-state index contributed by atoms with van der Waals surface area (Å²) in [6.07, 6.45) is 1.84. The van der Waals surface area contributed by atoms with Crippen molar-refractivity contribution in [3.05, 3.63) is 99.7 Å². The topological polar surface area (TPSA) is 43.4 Å². The largest absolute Gasteiger partial charge is 0.457 e. The van der Waals surface area contributed by atoms with E-state index in [1.54, 1.807) is 0 Å². The number of nitrogens with one attached hydrogen (secondary N) is 1. The number of nitrogens with zero attached hydrogens (tertiary/aromatic N) is 1. The van der Waals surface area contributed by atoms with Gasteiger partial charge in [-0.15, -0.1) is 0 Å². The van der Waals surface area contributed by atoms with E-state index in [-0.39, 0.29) is 0 Å². The van der Waals surface area contributed by atoms with E-state index in [1.165, 1.54) is 11.1 Å². The minimum atomic E-state index is 0.717. The van der Waals surface area contributed by atoms with E-state index in [4.69, 9.17) is 9.47 Å². The molecule has 0 amide bonds. The highest BCUT2D eigenvalue weighted by molar-refractivity contribution is 5.70. The summed E-state index contributed by atoms with van der Waals surface area (Å²) in [4.78, 5) is 4.66. The maximum atomic E-state index is 6.60. The molecular weight excluding hydrogens is 432 g/mol. The zero-order valence-corrected chi connectivity index (χ0v) is 21.7. The SMILES string of the molecule is CNCc1ccnc(-c2ccc(Oc3c(C)cc(C)cc3C)cc2Oc2c(C)cc(C)cc2C)c1. The molecule has 1 N–H and O–H groups in total. The third-order valence-corrected chi connectivity index (χ3v) is 6.08. The normalized spacial score (nSPS) is 10.9. The first kappa shape index (κ1) is 24.5. The molecule has 4 nitrogen and oxygen atoms in total. The second kappa shape index (κ2) is 10.3. The Morgan fingerprint density at radius 1 is 0.686 bits per heavy atom. The highest BCUT2D eigenvalue weighted by atomic mass is 16.5. The highest BCUT2D eigenvalue weighted by Crippen LogP contribution is 2.40. The maximum absolute atomic E-state index is 6.60. The molecule has 0 radical (unpaired) electrons. The Morgan fingerprint density at radius 2 is 1.26 bits per heavy atom. The predicted molar refractivity (Wildman–Crippen MR) is 144 cm³/mol. The van der Waals surface area contributed by atoms with E-state index >= 15 is 0 Å². The van der Waals surface area contributed by atoms with Crippen LogP contribution in [-0.2, 0) is 6.54 Å². The van der Waals surface area contributed by atoms with Gasteiger partial charge in [0.1, 0.15) is 23.0 Å². The van der Waals surface area contributed by atoms with Gasteiger partial charge in [-0.3, -0.25) is 4.98 Å². The van der Waals surface area contributed by atoms with Crippen LogP contribution in [0.15, 0.2) is 60.8 Å². The van der Waals surface area contributed by atoms with Gasteiger partial charge in [-0.1, -0.05) is 35.4 Å². The fraction of sp³-hybridized carbons (Fsp3) is 0.258. The lowest BCUT2D eigenvalue weighted by Gasteiger charge is -2.18. The van der Waals surface area contributed by atoms with Crippen LogP contribution in [0.4, 0.5) is 0 Å². The van der Waals surface area contributed by atoms with Gasteiger partial charge in [0.15, 0.2) is 0 Å². The van der Waals surface area contributed by atoms with E-state index in [2.05, 4.69) is 82.2 Å². The molecule has 4 heteroatoms. The lowest BCUT2D eigenvalue weighted by Crippen LogP contribution is -2.05. The average molecular weight is 467 g/mol. The van der Waals surface area contributed by atoms with Crippen LogP contribution >= 0.6 is 0 Å². The van der Waals surface area contributed by atoms with Crippen molar-refractivity contribution in [3.8, 4) is 34.3 Å². The monoisotopic (exact) mass is 466 g/mol. The molecule has 0 fully saturated rings. The van der Waals surface area contributed by atoms with Crippen LogP contribution in [0.5, 0.6) is 23.0 Å². The van der Waals surface area contributed by atoms with Crippen LogP contribution in [0.1, 0.15) is 38.9 Å². The summed E-state index contributed by atoms with van der Waals surface area (Å²) >= 11 is 0. The van der Waals surface area contributed by atoms with Crippen LogP contribution < -0.4 is 14.8 Å². The Kier molecular flexibility index (Phi) is 7.23. The second-order valence-corrected chi connectivity index (χ2v) is 9.40. The first-order valence-corrected chi connectivity index (χ1v) is 12.0. The van der Waals surface area contributed by atoms with Crippen molar-refractivity contribution in [1.29, 1.82) is 0 Å². The Morgan fingerprint density at radius 3 is 1.83 bits per heavy atom. The number of ether oxygens (including phenoxy) is 2. The van der Waals surface area contributed by atoms with Gasteiger partial charge in [0.05, 0.1) is 5.69 Å². The van der Waals surface area contributed by atoms with E-state index in [1.807, 2.05) is 37.5 Å². The number of pyridine rings is 1. The third-order valence-electron chi connectivity index (χ3n) is 6.08. The van der Waals surface area contributed by atoms with Gasteiger partial charge in [-0.05, 0) is 101 Å². The van der Waals surface area contributed by atoms with Crippen molar-refractivity contribution in [2.45, 2.75) is 48.1 Å². The summed E-state index contributed by atoms with van der Waals surface area (Å²) < 4.78 is 13.0. The van der Waals surface area contributed by atoms with Crippen LogP contribution in [-0.4, -0.2) is 12.0 Å². The lowest BCUT2D eigenvalue weighted by atomic mass is 10.0. The molecule has 0 saturated heterocycles. The van der Waals surface area contributed by atoms with Crippen molar-refractivity contribution in [1.82, 2.24) is 10.3 Å². The molecule has 4 rings (SSSR count). The Hall–Kier alpha value is -3.63. The van der Waals surface area contributed by atoms with Gasteiger partial charge in [-0.2, -0.15) is 0 Å². The minimum absolute atomic E-state index is 0.717. The van der Waals surface area contributed by atoms with Gasteiger partial charge in [-0.25, -0.2) is 0 Å². The molecule has 0 aliphatic heterocycles. The predicted octanol–water partition coefficient (Wildman–Crippen LogP) is 7.90. The summed E-state index contributed by atoms with van der Waals surface area (Å²) in [5, 5.41) is 3.21. The molecule has 4 aromatic rings. The fourth-order valence-electron chi connectivity index (χ4n) is 4.68. The van der Waals surface area contributed by atoms with Gasteiger partial charge in [0.25, 0.3) is 0 Å². The first-order valence-electron chi connectivity index (χ1n) is 12.0. The number of aromatic nitrogens is 1. The van der Waals surface area contributed by atoms with E-state index in [0.717, 1.165) is 62.9 Å². The smallest absolute Gasteiger partial charge is 0.140 e. The van der Waals surface area contributed by atoms with E-state index in [0.29, 0.717) is 5.75 Å². The molecule has 1 heterocycles. The fourth-order valence-corrected chi connectivity index (χ4v) is 4.68. The molecule has 0 aliphatic carbocycles. The van der Waals surface area contributed by atoms with Crippen molar-refractivity contribution < 1.29 is 9.47 Å². The van der Waals surface area contributed by atoms with Crippen molar-refractivity contribution in [2.75, 3.05) is 7.05 Å². The van der Waals surface area contributed by atoms with Crippen LogP contribution in [0, 0.1) is 41.5 Å². The molecule has 0 unspecified atom stereocenters. The van der Waals surface area contributed by atoms with E-state index < -0.39 is 0 Å². The minimum Gasteiger partial charge on any atom is -0.457 e. The summed E-state index contributed by atoms with van der Waals surface area (Å²) in [6.45, 7) is 13.3. The number of rotatable bonds is 7. The molecule has 0 atom stereocenters. The first-order chi connectivity index (χ1) is 16.7. The number of aryl methyl sites for hydroxylation is 6. The molecule has 1 aromatic heterocycles. The van der Waals surface area contributed by atoms with Gasteiger partial charge in [0.2, 0.25) is 0 Å². The van der Waals surface area contributed by atoms with Gasteiger partial charge >= 0.3 is 0 Å². The summed E-state index contributed by atoms with van der Waals surface area (Å²) in [7, 11) is 1.94. The van der Waals surface area contributed by atoms with Crippen molar-refractivity contribution in [2.24, 2.45) is 0 Å². The molecule has 0 bridgehead atoms. The molecule has 0 spiro atoms. The summed E-state index contributed by atoms with van der Waals surface area (Å²) in [5.41, 5.74) is 9.82. The van der Waals surface area contributed by atoms with E-state index in [9.17, 15) is 0 Å². The van der Waals surface area contributed by atoms with Crippen LogP contribution in [0.3, 0.4) is 0 Å². The zero-order valence-electron chi connectivity index (χ0n) is 21.7. The number of benzene rings is 3. The van der Waals surface area contributed by atoms with Crippen LogP contribution in [0.25, 0.3) is 11.3 Å². The third kappa shape index (κ3) is 5.55. The van der Waals surface area contributed by atoms with Gasteiger partial charge in [0, 0.05) is 24.4 Å². The van der Waals surface area contributed by atoms with Crippen molar-refractivity contribution in [3.63, 3.8) is 0 Å². The molecular formula is C31H34N2O2. The Balaban J connectivity index is 1.81. The molecule has 180 valence electrons. The number of hydrogen-bond donors (Lipinski definition) is 1. The van der Waals surface area contributed by atoms with Crippen molar-refractivity contribution >= 4 is 0 Å². The molecule has 3 aromatic carbocycles. The summed E-state index contributed by atoms with van der Waals surface area (Å²) in [6, 6.07) is 18.7. The Bertz CT molecular complexity index is 1330. The molecule has 35 heavy (non-hydrogen) atoms. The van der Waals surface area contributed by atoms with Crippen LogP contribution in [0.2, 0.25) is 0 Å². The second-order valence-electron chi connectivity index (χ2n) is 9.40. The standard InChI is InChI=1S/C31H34N2O2/c1-19-12-21(3)30(22(4)13-19)34-26-8-9-27(28-16-25(18-32-7)10-11-33-28)29(17-26)35-31-23(5)14-20(2)15-24(31)6/h8-17,32H,18H2,1-7H3. The molecule has 0 saturated carbocycles. The maximum Gasteiger partial charge on any atom is 0.140 e. The summed E-state index contributed by atoms with van der Waals surface area (Å²) in [5.74, 6) is 3.19. The number of hydrogen-bond acceptors (Lipinski definition) is 4. The average Bonchev–Trinajstić information content (AvgIpc) is 2.79. The lowest BCUT2D eigenvalue weighted by molar-refractivity contribution is 0.454. The Labute approximate surface area is 209 Å². The zero-order chi connectivity index (χ0) is 25.1. The van der Waals surface area contributed by atoms with Gasteiger partial charge < -0.3 is 14.8 Å². The highest BCUT2D eigenvalue weighted by Gasteiger charge is 2.16. The quantitative estimate of drug-likeness (QED) is 0.301. The molecule has 0 aliphatic rings.